The molecule has 0 aromatic heterocycles. The largest absolute Gasteiger partial charge is 0.504 e. The highest BCUT2D eigenvalue weighted by Crippen LogP contribution is 2.34. The SMILES string of the molecule is COc1cc(/C=C2\SC(=S)N(CCS(=O)(=O)O)C2=O)ccc1O. The lowest BCUT2D eigenvalue weighted by atomic mass is 10.2. The van der Waals surface area contributed by atoms with Gasteiger partial charge in [0.05, 0.1) is 17.8 Å². The molecule has 0 spiro atoms. The van der Waals surface area contributed by atoms with Crippen LogP contribution < -0.4 is 4.74 Å². The van der Waals surface area contributed by atoms with Gasteiger partial charge in [0.1, 0.15) is 4.32 Å². The number of nitrogens with zero attached hydrogens (tertiary/aromatic N) is 1. The van der Waals surface area contributed by atoms with Gasteiger partial charge < -0.3 is 9.84 Å². The van der Waals surface area contributed by atoms with E-state index in [-0.39, 0.29) is 22.4 Å². The number of carbonyl (C=O) groups excluding carboxylic acids is 1. The Labute approximate surface area is 142 Å². The summed E-state index contributed by atoms with van der Waals surface area (Å²) >= 11 is 6.09. The van der Waals surface area contributed by atoms with Crippen LogP contribution in [0.3, 0.4) is 0 Å². The number of carbonyl (C=O) groups is 1. The number of aromatic hydroxyl groups is 1. The highest BCUT2D eigenvalue weighted by atomic mass is 32.2. The van der Waals surface area contributed by atoms with Crippen molar-refractivity contribution in [3.8, 4) is 11.5 Å². The van der Waals surface area contributed by atoms with Gasteiger partial charge in [0.2, 0.25) is 0 Å². The molecule has 1 heterocycles. The Morgan fingerprint density at radius 1 is 1.43 bits per heavy atom. The molecule has 1 fully saturated rings. The molecule has 0 atom stereocenters. The van der Waals surface area contributed by atoms with E-state index in [0.717, 1.165) is 16.7 Å². The van der Waals surface area contributed by atoms with Crippen LogP contribution in [0.5, 0.6) is 11.5 Å². The van der Waals surface area contributed by atoms with Gasteiger partial charge in [-0.05, 0) is 23.8 Å². The van der Waals surface area contributed by atoms with Crippen LogP contribution in [-0.2, 0) is 14.9 Å². The van der Waals surface area contributed by atoms with Gasteiger partial charge in [-0.1, -0.05) is 30.0 Å². The van der Waals surface area contributed by atoms with E-state index in [2.05, 4.69) is 0 Å². The van der Waals surface area contributed by atoms with Gasteiger partial charge in [0, 0.05) is 6.54 Å². The highest BCUT2D eigenvalue weighted by molar-refractivity contribution is 8.26. The van der Waals surface area contributed by atoms with Crippen molar-refractivity contribution < 1.29 is 27.6 Å². The summed E-state index contributed by atoms with van der Waals surface area (Å²) in [4.78, 5) is 13.7. The minimum Gasteiger partial charge on any atom is -0.504 e. The normalized spacial score (nSPS) is 17.1. The van der Waals surface area contributed by atoms with E-state index in [4.69, 9.17) is 21.5 Å². The fourth-order valence-electron chi connectivity index (χ4n) is 1.83. The third-order valence-corrected chi connectivity index (χ3v) is 5.02. The number of hydrogen-bond acceptors (Lipinski definition) is 7. The number of rotatable bonds is 5. The molecular weight excluding hydrogens is 362 g/mol. The highest BCUT2D eigenvalue weighted by Gasteiger charge is 2.32. The quantitative estimate of drug-likeness (QED) is 0.453. The number of phenols is 1. The fourth-order valence-corrected chi connectivity index (χ4v) is 3.56. The smallest absolute Gasteiger partial charge is 0.266 e. The zero-order valence-corrected chi connectivity index (χ0v) is 14.4. The van der Waals surface area contributed by atoms with Crippen molar-refractivity contribution >= 4 is 50.4 Å². The molecule has 10 heteroatoms. The van der Waals surface area contributed by atoms with Crippen molar-refractivity contribution in [1.29, 1.82) is 0 Å². The second kappa shape index (κ2) is 6.87. The number of thiocarbonyl (C=S) groups is 1. The summed E-state index contributed by atoms with van der Waals surface area (Å²) in [5.41, 5.74) is 0.620. The monoisotopic (exact) mass is 375 g/mol. The van der Waals surface area contributed by atoms with E-state index in [1.54, 1.807) is 18.2 Å². The number of phenolic OH excluding ortho intramolecular Hbond substituents is 1. The van der Waals surface area contributed by atoms with E-state index in [1.807, 2.05) is 0 Å². The Kier molecular flexibility index (Phi) is 5.30. The second-order valence-corrected chi connectivity index (χ2v) is 7.80. The van der Waals surface area contributed by atoms with Gasteiger partial charge in [0.15, 0.2) is 11.5 Å². The van der Waals surface area contributed by atoms with Crippen LogP contribution >= 0.6 is 24.0 Å². The Morgan fingerprint density at radius 2 is 2.13 bits per heavy atom. The standard InChI is InChI=1S/C13H13NO6S3/c1-20-10-6-8(2-3-9(10)15)7-11-12(16)14(13(21)22-11)4-5-23(17,18)19/h2-3,6-7,15H,4-5H2,1H3,(H,17,18,19)/b11-7-. The molecule has 1 aliphatic heterocycles. The first-order valence-electron chi connectivity index (χ1n) is 6.29. The van der Waals surface area contributed by atoms with Crippen LogP contribution in [0.4, 0.5) is 0 Å². The maximum atomic E-state index is 12.3. The molecule has 0 unspecified atom stereocenters. The van der Waals surface area contributed by atoms with Crippen molar-refractivity contribution in [3.05, 3.63) is 28.7 Å². The van der Waals surface area contributed by atoms with E-state index >= 15 is 0 Å². The number of thioether (sulfide) groups is 1. The van der Waals surface area contributed by atoms with Gasteiger partial charge in [-0.25, -0.2) is 0 Å². The summed E-state index contributed by atoms with van der Waals surface area (Å²) in [6.07, 6.45) is 1.56. The molecule has 0 saturated carbocycles. The lowest BCUT2D eigenvalue weighted by molar-refractivity contribution is -0.121. The molecule has 0 radical (unpaired) electrons. The van der Waals surface area contributed by atoms with Crippen molar-refractivity contribution in [2.45, 2.75) is 0 Å². The van der Waals surface area contributed by atoms with Crippen molar-refractivity contribution in [1.82, 2.24) is 4.90 Å². The third-order valence-electron chi connectivity index (χ3n) is 2.95. The average Bonchev–Trinajstić information content (AvgIpc) is 2.72. The molecule has 1 aromatic rings. The molecule has 2 N–H and O–H groups in total. The minimum absolute atomic E-state index is 0.0228. The van der Waals surface area contributed by atoms with Gasteiger partial charge >= 0.3 is 0 Å². The van der Waals surface area contributed by atoms with Crippen LogP contribution in [0.25, 0.3) is 6.08 Å². The van der Waals surface area contributed by atoms with E-state index < -0.39 is 21.8 Å². The van der Waals surface area contributed by atoms with E-state index in [1.165, 1.54) is 13.2 Å². The van der Waals surface area contributed by atoms with Crippen LogP contribution in [0.15, 0.2) is 23.1 Å². The lowest BCUT2D eigenvalue weighted by Crippen LogP contribution is -2.32. The summed E-state index contributed by atoms with van der Waals surface area (Å²) < 4.78 is 35.6. The van der Waals surface area contributed by atoms with Crippen molar-refractivity contribution in [2.24, 2.45) is 0 Å². The summed E-state index contributed by atoms with van der Waals surface area (Å²) in [7, 11) is -2.76. The Bertz CT molecular complexity index is 787. The minimum atomic E-state index is -4.18. The number of methoxy groups -OCH3 is 1. The first-order valence-corrected chi connectivity index (χ1v) is 9.12. The number of amides is 1. The topological polar surface area (TPSA) is 104 Å². The predicted molar refractivity (Wildman–Crippen MR) is 91.0 cm³/mol. The molecule has 0 bridgehead atoms. The van der Waals surface area contributed by atoms with Crippen molar-refractivity contribution in [3.63, 3.8) is 0 Å². The molecule has 2 rings (SSSR count). The van der Waals surface area contributed by atoms with E-state index in [9.17, 15) is 18.3 Å². The molecule has 1 amide bonds. The molecule has 124 valence electrons. The second-order valence-electron chi connectivity index (χ2n) is 4.55. The van der Waals surface area contributed by atoms with Crippen LogP contribution in [0.1, 0.15) is 5.56 Å². The molecule has 1 aromatic carbocycles. The van der Waals surface area contributed by atoms with Crippen molar-refractivity contribution in [2.75, 3.05) is 19.4 Å². The third kappa shape index (κ3) is 4.44. The first kappa shape index (κ1) is 17.7. The van der Waals surface area contributed by atoms with Gasteiger partial charge in [-0.2, -0.15) is 8.42 Å². The predicted octanol–water partition coefficient (Wildman–Crippen LogP) is 1.49. The number of benzene rings is 1. The van der Waals surface area contributed by atoms with Crippen LogP contribution in [0.2, 0.25) is 0 Å². The number of hydrogen-bond donors (Lipinski definition) is 2. The molecule has 0 aliphatic carbocycles. The Morgan fingerprint density at radius 3 is 2.74 bits per heavy atom. The van der Waals surface area contributed by atoms with Crippen LogP contribution in [0, 0.1) is 0 Å². The summed E-state index contributed by atoms with van der Waals surface area (Å²) in [5, 5.41) is 9.55. The van der Waals surface area contributed by atoms with Crippen LogP contribution in [-0.4, -0.2) is 52.6 Å². The zero-order chi connectivity index (χ0) is 17.2. The molecule has 7 nitrogen and oxygen atoms in total. The maximum absolute atomic E-state index is 12.3. The lowest BCUT2D eigenvalue weighted by Gasteiger charge is -2.12. The zero-order valence-electron chi connectivity index (χ0n) is 11.9. The average molecular weight is 375 g/mol. The van der Waals surface area contributed by atoms with E-state index in [0.29, 0.717) is 10.5 Å². The molecule has 23 heavy (non-hydrogen) atoms. The van der Waals surface area contributed by atoms with Gasteiger partial charge in [-0.15, -0.1) is 0 Å². The summed E-state index contributed by atoms with van der Waals surface area (Å²) in [6.45, 7) is -0.209. The summed E-state index contributed by atoms with van der Waals surface area (Å²) in [5.74, 6) is -0.776. The Balaban J connectivity index is 2.21. The maximum Gasteiger partial charge on any atom is 0.266 e. The first-order chi connectivity index (χ1) is 10.7. The van der Waals surface area contributed by atoms with Gasteiger partial charge in [-0.3, -0.25) is 14.2 Å². The summed E-state index contributed by atoms with van der Waals surface area (Å²) in [6, 6.07) is 4.59. The van der Waals surface area contributed by atoms with Gasteiger partial charge in [0.25, 0.3) is 16.0 Å². The fraction of sp³-hybridized carbons (Fsp3) is 0.231. The molecular formula is C13H13NO6S3. The number of ether oxygens (including phenoxy) is 1. The Hall–Kier alpha value is -1.62. The molecule has 1 saturated heterocycles. The molecule has 1 aliphatic rings.